The predicted molar refractivity (Wildman–Crippen MR) is 89.9 cm³/mol. The van der Waals surface area contributed by atoms with Gasteiger partial charge in [0.05, 0.1) is 13.2 Å². The third kappa shape index (κ3) is 2.60. The molecular formula is C18H18N4O2. The van der Waals surface area contributed by atoms with E-state index in [4.69, 9.17) is 9.26 Å². The number of nitrogens with zero attached hydrogens (tertiary/aromatic N) is 3. The van der Waals surface area contributed by atoms with Crippen molar-refractivity contribution in [1.82, 2.24) is 15.1 Å². The quantitative estimate of drug-likeness (QED) is 0.792. The van der Waals surface area contributed by atoms with Crippen LogP contribution in [0.25, 0.3) is 11.5 Å². The van der Waals surface area contributed by atoms with E-state index in [-0.39, 0.29) is 6.04 Å². The monoisotopic (exact) mass is 322 g/mol. The molecule has 122 valence electrons. The summed E-state index contributed by atoms with van der Waals surface area (Å²) in [6, 6.07) is 10.2. The van der Waals surface area contributed by atoms with Gasteiger partial charge >= 0.3 is 0 Å². The molecule has 1 atom stereocenters. The van der Waals surface area contributed by atoms with Gasteiger partial charge in [-0.15, -0.1) is 0 Å². The summed E-state index contributed by atoms with van der Waals surface area (Å²) in [6.07, 6.45) is 3.76. The maximum absolute atomic E-state index is 5.46. The Bertz CT molecular complexity index is 875. The first-order valence-electron chi connectivity index (χ1n) is 7.93. The number of aromatic nitrogens is 3. The Balaban J connectivity index is 1.60. The minimum atomic E-state index is 0.224. The molecule has 6 nitrogen and oxygen atoms in total. The van der Waals surface area contributed by atoms with Crippen LogP contribution in [0.1, 0.15) is 29.4 Å². The summed E-state index contributed by atoms with van der Waals surface area (Å²) in [5, 5.41) is 7.34. The minimum absolute atomic E-state index is 0.224. The SMILES string of the molecule is COc1cccc2c1CCC2Nc1cc(-c2nc(C)no2)ccn1. The summed E-state index contributed by atoms with van der Waals surface area (Å²) >= 11 is 0. The Hall–Kier alpha value is -2.89. The van der Waals surface area contributed by atoms with Crippen molar-refractivity contribution in [3.8, 4) is 17.2 Å². The highest BCUT2D eigenvalue weighted by atomic mass is 16.5. The topological polar surface area (TPSA) is 73.1 Å². The molecule has 0 bridgehead atoms. The molecule has 1 unspecified atom stereocenters. The molecule has 1 N–H and O–H groups in total. The molecule has 3 aromatic rings. The lowest BCUT2D eigenvalue weighted by atomic mass is 10.1. The van der Waals surface area contributed by atoms with Crippen LogP contribution in [0.2, 0.25) is 0 Å². The van der Waals surface area contributed by atoms with E-state index in [0.29, 0.717) is 11.7 Å². The Morgan fingerprint density at radius 3 is 3.00 bits per heavy atom. The van der Waals surface area contributed by atoms with Crippen molar-refractivity contribution < 1.29 is 9.26 Å². The van der Waals surface area contributed by atoms with Crippen LogP contribution < -0.4 is 10.1 Å². The van der Waals surface area contributed by atoms with Gasteiger partial charge in [0.15, 0.2) is 5.82 Å². The summed E-state index contributed by atoms with van der Waals surface area (Å²) in [4.78, 5) is 8.68. The van der Waals surface area contributed by atoms with Crippen molar-refractivity contribution in [2.75, 3.05) is 12.4 Å². The van der Waals surface area contributed by atoms with Crippen molar-refractivity contribution in [1.29, 1.82) is 0 Å². The van der Waals surface area contributed by atoms with Crippen molar-refractivity contribution >= 4 is 5.82 Å². The smallest absolute Gasteiger partial charge is 0.258 e. The molecule has 0 aliphatic heterocycles. The van der Waals surface area contributed by atoms with Crippen LogP contribution in [0.15, 0.2) is 41.1 Å². The normalized spacial score (nSPS) is 16.0. The van der Waals surface area contributed by atoms with Gasteiger partial charge in [0, 0.05) is 11.8 Å². The van der Waals surface area contributed by atoms with Gasteiger partial charge in [-0.05, 0) is 49.1 Å². The highest BCUT2D eigenvalue weighted by molar-refractivity contribution is 5.59. The molecular weight excluding hydrogens is 304 g/mol. The number of rotatable bonds is 4. The molecule has 0 spiro atoms. The molecule has 1 aliphatic carbocycles. The van der Waals surface area contributed by atoms with Crippen LogP contribution >= 0.6 is 0 Å². The molecule has 2 aromatic heterocycles. The van der Waals surface area contributed by atoms with Crippen molar-refractivity contribution in [2.45, 2.75) is 25.8 Å². The largest absolute Gasteiger partial charge is 0.496 e. The molecule has 2 heterocycles. The summed E-state index contributed by atoms with van der Waals surface area (Å²) in [5.41, 5.74) is 3.41. The van der Waals surface area contributed by atoms with Gasteiger partial charge in [-0.3, -0.25) is 0 Å². The number of methoxy groups -OCH3 is 1. The Morgan fingerprint density at radius 2 is 2.21 bits per heavy atom. The minimum Gasteiger partial charge on any atom is -0.496 e. The van der Waals surface area contributed by atoms with Gasteiger partial charge in [-0.1, -0.05) is 17.3 Å². The molecule has 0 saturated carbocycles. The lowest BCUT2D eigenvalue weighted by molar-refractivity contribution is 0.410. The van der Waals surface area contributed by atoms with Gasteiger partial charge < -0.3 is 14.6 Å². The van der Waals surface area contributed by atoms with E-state index in [0.717, 1.165) is 30.0 Å². The zero-order valence-corrected chi connectivity index (χ0v) is 13.6. The predicted octanol–water partition coefficient (Wildman–Crippen LogP) is 3.55. The second kappa shape index (κ2) is 5.96. The first-order valence-corrected chi connectivity index (χ1v) is 7.93. The van der Waals surface area contributed by atoms with Gasteiger partial charge in [0.25, 0.3) is 5.89 Å². The van der Waals surface area contributed by atoms with Crippen molar-refractivity contribution in [3.05, 3.63) is 53.5 Å². The highest BCUT2D eigenvalue weighted by Crippen LogP contribution is 2.38. The molecule has 0 fully saturated rings. The standard InChI is InChI=1S/C18H18N4O2/c1-11-20-18(24-22-11)12-8-9-19-17(10-12)21-15-7-6-14-13(15)4-3-5-16(14)23-2/h3-5,8-10,15H,6-7H2,1-2H3,(H,19,21). The average Bonchev–Trinajstić information content (AvgIpc) is 3.22. The van der Waals surface area contributed by atoms with Gasteiger partial charge in [0.2, 0.25) is 0 Å². The Labute approximate surface area is 139 Å². The van der Waals surface area contributed by atoms with E-state index < -0.39 is 0 Å². The maximum Gasteiger partial charge on any atom is 0.258 e. The lowest BCUT2D eigenvalue weighted by Gasteiger charge is -2.15. The number of fused-ring (bicyclic) bond motifs is 1. The summed E-state index contributed by atoms with van der Waals surface area (Å²) < 4.78 is 10.7. The number of hydrogen-bond donors (Lipinski definition) is 1. The summed E-state index contributed by atoms with van der Waals surface area (Å²) in [7, 11) is 1.72. The number of pyridine rings is 1. The third-order valence-corrected chi connectivity index (χ3v) is 4.30. The zero-order valence-electron chi connectivity index (χ0n) is 13.6. The number of anilines is 1. The van der Waals surface area contributed by atoms with E-state index in [1.807, 2.05) is 24.3 Å². The summed E-state index contributed by atoms with van der Waals surface area (Å²) in [6.45, 7) is 1.80. The van der Waals surface area contributed by atoms with Gasteiger partial charge in [-0.2, -0.15) is 4.98 Å². The first kappa shape index (κ1) is 14.7. The first-order chi connectivity index (χ1) is 11.7. The van der Waals surface area contributed by atoms with E-state index in [1.54, 1.807) is 20.2 Å². The van der Waals surface area contributed by atoms with Crippen molar-refractivity contribution in [3.63, 3.8) is 0 Å². The molecule has 0 radical (unpaired) electrons. The molecule has 1 aromatic carbocycles. The number of aryl methyl sites for hydroxylation is 1. The molecule has 24 heavy (non-hydrogen) atoms. The molecule has 1 aliphatic rings. The van der Waals surface area contributed by atoms with Crippen LogP contribution in [0.3, 0.4) is 0 Å². The van der Waals surface area contributed by atoms with Crippen LogP contribution in [-0.4, -0.2) is 22.2 Å². The molecule has 4 rings (SSSR count). The molecule has 0 saturated heterocycles. The fourth-order valence-electron chi connectivity index (χ4n) is 3.20. The number of hydrogen-bond acceptors (Lipinski definition) is 6. The maximum atomic E-state index is 5.46. The number of nitrogens with one attached hydrogen (secondary N) is 1. The van der Waals surface area contributed by atoms with Gasteiger partial charge in [0.1, 0.15) is 11.6 Å². The van der Waals surface area contributed by atoms with Crippen LogP contribution in [0.4, 0.5) is 5.82 Å². The average molecular weight is 322 g/mol. The van der Waals surface area contributed by atoms with Crippen LogP contribution in [-0.2, 0) is 6.42 Å². The zero-order chi connectivity index (χ0) is 16.5. The number of benzene rings is 1. The van der Waals surface area contributed by atoms with Crippen LogP contribution in [0.5, 0.6) is 5.75 Å². The Morgan fingerprint density at radius 1 is 1.29 bits per heavy atom. The van der Waals surface area contributed by atoms with E-state index in [1.165, 1.54) is 11.1 Å². The lowest BCUT2D eigenvalue weighted by Crippen LogP contribution is -2.08. The highest BCUT2D eigenvalue weighted by Gasteiger charge is 2.25. The van der Waals surface area contributed by atoms with E-state index >= 15 is 0 Å². The number of ether oxygens (including phenoxy) is 1. The summed E-state index contributed by atoms with van der Waals surface area (Å²) in [5.74, 6) is 2.88. The van der Waals surface area contributed by atoms with Crippen LogP contribution in [0, 0.1) is 6.92 Å². The molecule has 0 amide bonds. The third-order valence-electron chi connectivity index (χ3n) is 4.30. The van der Waals surface area contributed by atoms with E-state index in [2.05, 4.69) is 26.5 Å². The van der Waals surface area contributed by atoms with Gasteiger partial charge in [-0.25, -0.2) is 4.98 Å². The van der Waals surface area contributed by atoms with E-state index in [9.17, 15) is 0 Å². The Kier molecular flexibility index (Phi) is 3.65. The fourth-order valence-corrected chi connectivity index (χ4v) is 3.20. The fraction of sp³-hybridized carbons (Fsp3) is 0.278. The van der Waals surface area contributed by atoms with Crippen molar-refractivity contribution in [2.24, 2.45) is 0 Å². The second-order valence-corrected chi connectivity index (χ2v) is 5.84. The second-order valence-electron chi connectivity index (χ2n) is 5.84. The molecule has 6 heteroatoms.